The zero-order valence-electron chi connectivity index (χ0n) is 15.8. The molecule has 3 aromatic rings. The summed E-state index contributed by atoms with van der Waals surface area (Å²) in [6.45, 7) is 2.48. The second kappa shape index (κ2) is 8.08. The van der Waals surface area contributed by atoms with Gasteiger partial charge in [-0.15, -0.1) is 10.2 Å². The van der Waals surface area contributed by atoms with E-state index in [1.165, 1.54) is 23.5 Å². The number of nitrogens with zero attached hydrogens (tertiary/aromatic N) is 3. The highest BCUT2D eigenvalue weighted by Crippen LogP contribution is 2.27. The van der Waals surface area contributed by atoms with Crippen LogP contribution in [0.3, 0.4) is 0 Å². The molecule has 1 saturated heterocycles. The first-order valence-corrected chi connectivity index (χ1v) is 10.1. The van der Waals surface area contributed by atoms with E-state index in [-0.39, 0.29) is 17.6 Å². The molecule has 0 aliphatic carbocycles. The molecule has 0 saturated carbocycles. The van der Waals surface area contributed by atoms with Crippen molar-refractivity contribution in [3.8, 4) is 0 Å². The van der Waals surface area contributed by atoms with Gasteiger partial charge in [0.2, 0.25) is 16.9 Å². The number of carbonyl (C=O) groups excluding carboxylic acids is 2. The molecule has 1 unspecified atom stereocenters. The van der Waals surface area contributed by atoms with E-state index in [1.807, 2.05) is 31.2 Å². The number of aromatic nitrogens is 2. The lowest BCUT2D eigenvalue weighted by Crippen LogP contribution is -2.33. The number of rotatable bonds is 5. The Hall–Kier alpha value is -3.13. The maximum atomic E-state index is 13.3. The summed E-state index contributed by atoms with van der Waals surface area (Å²) in [4.78, 5) is 26.9. The van der Waals surface area contributed by atoms with Crippen LogP contribution in [0.1, 0.15) is 22.6 Å². The maximum absolute atomic E-state index is 13.3. The molecule has 1 atom stereocenters. The summed E-state index contributed by atoms with van der Waals surface area (Å²) in [5.74, 6) is -1.64. The molecule has 2 aromatic carbocycles. The average molecular weight is 410 g/mol. The van der Waals surface area contributed by atoms with Crippen molar-refractivity contribution in [2.24, 2.45) is 5.92 Å². The molecule has 0 radical (unpaired) electrons. The fraction of sp³-hybridized carbons (Fsp3) is 0.238. The average Bonchev–Trinajstić information content (AvgIpc) is 3.29. The van der Waals surface area contributed by atoms with Crippen molar-refractivity contribution < 1.29 is 14.0 Å². The van der Waals surface area contributed by atoms with E-state index in [4.69, 9.17) is 0 Å². The Labute approximate surface area is 171 Å². The van der Waals surface area contributed by atoms with E-state index in [2.05, 4.69) is 15.5 Å². The Morgan fingerprint density at radius 1 is 1.24 bits per heavy atom. The van der Waals surface area contributed by atoms with Crippen LogP contribution in [0.4, 0.5) is 15.2 Å². The van der Waals surface area contributed by atoms with Crippen LogP contribution in [0, 0.1) is 18.7 Å². The second-order valence-corrected chi connectivity index (χ2v) is 8.03. The predicted octanol–water partition coefficient (Wildman–Crippen LogP) is 3.57. The van der Waals surface area contributed by atoms with Crippen LogP contribution in [0.2, 0.25) is 0 Å². The highest BCUT2D eigenvalue weighted by Gasteiger charge is 2.37. The third kappa shape index (κ3) is 4.32. The Kier molecular flexibility index (Phi) is 5.35. The van der Waals surface area contributed by atoms with Gasteiger partial charge in [0.15, 0.2) is 0 Å². The first kappa shape index (κ1) is 19.2. The lowest BCUT2D eigenvalue weighted by Gasteiger charge is -2.16. The lowest BCUT2D eigenvalue weighted by molar-refractivity contribution is -0.129. The number of aryl methyl sites for hydroxylation is 1. The SMILES string of the molecule is Cc1ccc(N2CCC(C(=O)Nc3nnc(Cc4cccc(F)c4)s3)C2=O)cc1. The van der Waals surface area contributed by atoms with Crippen molar-refractivity contribution in [3.05, 3.63) is 70.5 Å². The zero-order valence-corrected chi connectivity index (χ0v) is 16.6. The van der Waals surface area contributed by atoms with Gasteiger partial charge >= 0.3 is 0 Å². The fourth-order valence-electron chi connectivity index (χ4n) is 3.29. The Balaban J connectivity index is 1.39. The highest BCUT2D eigenvalue weighted by molar-refractivity contribution is 7.15. The van der Waals surface area contributed by atoms with E-state index in [1.54, 1.807) is 17.0 Å². The molecule has 148 valence electrons. The maximum Gasteiger partial charge on any atom is 0.239 e. The molecule has 6 nitrogen and oxygen atoms in total. The molecule has 2 amide bonds. The number of benzene rings is 2. The monoisotopic (exact) mass is 410 g/mol. The topological polar surface area (TPSA) is 75.2 Å². The minimum absolute atomic E-state index is 0.212. The van der Waals surface area contributed by atoms with Crippen molar-refractivity contribution in [2.45, 2.75) is 19.8 Å². The number of hydrogen-bond donors (Lipinski definition) is 1. The summed E-state index contributed by atoms with van der Waals surface area (Å²) in [6.07, 6.45) is 0.877. The normalized spacial score (nSPS) is 16.3. The van der Waals surface area contributed by atoms with E-state index in [0.29, 0.717) is 29.5 Å². The van der Waals surface area contributed by atoms with Crippen molar-refractivity contribution in [2.75, 3.05) is 16.8 Å². The molecule has 8 heteroatoms. The number of carbonyl (C=O) groups is 2. The van der Waals surface area contributed by atoms with E-state index >= 15 is 0 Å². The molecule has 1 fully saturated rings. The molecule has 0 bridgehead atoms. The molecular formula is C21H19FN4O2S. The number of nitrogens with one attached hydrogen (secondary N) is 1. The van der Waals surface area contributed by atoms with E-state index in [9.17, 15) is 14.0 Å². The van der Waals surface area contributed by atoms with Crippen molar-refractivity contribution in [3.63, 3.8) is 0 Å². The quantitative estimate of drug-likeness (QED) is 0.653. The second-order valence-electron chi connectivity index (χ2n) is 6.96. The van der Waals surface area contributed by atoms with Gasteiger partial charge < -0.3 is 4.90 Å². The summed E-state index contributed by atoms with van der Waals surface area (Å²) >= 11 is 1.22. The number of hydrogen-bond acceptors (Lipinski definition) is 5. The van der Waals surface area contributed by atoms with Gasteiger partial charge in [-0.2, -0.15) is 0 Å². The molecule has 0 spiro atoms. The summed E-state index contributed by atoms with van der Waals surface area (Å²) in [7, 11) is 0. The molecule has 2 heterocycles. The van der Waals surface area contributed by atoms with Gasteiger partial charge in [-0.3, -0.25) is 14.9 Å². The number of anilines is 2. The lowest BCUT2D eigenvalue weighted by atomic mass is 10.1. The van der Waals surface area contributed by atoms with Crippen LogP contribution in [0.25, 0.3) is 0 Å². The summed E-state index contributed by atoms with van der Waals surface area (Å²) in [5.41, 5.74) is 2.68. The van der Waals surface area contributed by atoms with Gasteiger partial charge in [0, 0.05) is 18.7 Å². The summed E-state index contributed by atoms with van der Waals surface area (Å²) in [6, 6.07) is 13.9. The largest absolute Gasteiger partial charge is 0.312 e. The Morgan fingerprint density at radius 3 is 2.79 bits per heavy atom. The third-order valence-electron chi connectivity index (χ3n) is 4.81. The summed E-state index contributed by atoms with van der Waals surface area (Å²) < 4.78 is 13.3. The number of amides is 2. The predicted molar refractivity (Wildman–Crippen MR) is 109 cm³/mol. The zero-order chi connectivity index (χ0) is 20.4. The van der Waals surface area contributed by atoms with Crippen LogP contribution in [0.15, 0.2) is 48.5 Å². The third-order valence-corrected chi connectivity index (χ3v) is 5.65. The van der Waals surface area contributed by atoms with Crippen LogP contribution >= 0.6 is 11.3 Å². The molecule has 29 heavy (non-hydrogen) atoms. The molecule has 1 aromatic heterocycles. The molecule has 4 rings (SSSR count). The van der Waals surface area contributed by atoms with Gasteiger partial charge in [0.1, 0.15) is 16.7 Å². The van der Waals surface area contributed by atoms with Crippen LogP contribution < -0.4 is 10.2 Å². The standard InChI is InChI=1S/C21H19FN4O2S/c1-13-5-7-16(8-6-13)26-10-9-17(20(26)28)19(27)23-21-25-24-18(29-21)12-14-3-2-4-15(22)11-14/h2-8,11,17H,9-10,12H2,1H3,(H,23,25,27). The van der Waals surface area contributed by atoms with Gasteiger partial charge in [0.05, 0.1) is 0 Å². The van der Waals surface area contributed by atoms with Crippen LogP contribution in [0.5, 0.6) is 0 Å². The minimum Gasteiger partial charge on any atom is -0.312 e. The fourth-order valence-corrected chi connectivity index (χ4v) is 4.07. The Morgan fingerprint density at radius 2 is 2.03 bits per heavy atom. The first-order valence-electron chi connectivity index (χ1n) is 9.25. The molecule has 1 N–H and O–H groups in total. The smallest absolute Gasteiger partial charge is 0.239 e. The van der Waals surface area contributed by atoms with Crippen LogP contribution in [-0.4, -0.2) is 28.6 Å². The van der Waals surface area contributed by atoms with Crippen molar-refractivity contribution in [1.29, 1.82) is 0 Å². The van der Waals surface area contributed by atoms with Gasteiger partial charge in [-0.1, -0.05) is 41.2 Å². The van der Waals surface area contributed by atoms with Gasteiger partial charge in [0.25, 0.3) is 0 Å². The van der Waals surface area contributed by atoms with Crippen LogP contribution in [-0.2, 0) is 16.0 Å². The minimum atomic E-state index is -0.744. The van der Waals surface area contributed by atoms with E-state index < -0.39 is 5.92 Å². The molecule has 1 aliphatic heterocycles. The van der Waals surface area contributed by atoms with Crippen molar-refractivity contribution >= 4 is 34.0 Å². The highest BCUT2D eigenvalue weighted by atomic mass is 32.1. The summed E-state index contributed by atoms with van der Waals surface area (Å²) in [5, 5.41) is 11.7. The molecular weight excluding hydrogens is 391 g/mol. The van der Waals surface area contributed by atoms with Crippen molar-refractivity contribution in [1.82, 2.24) is 10.2 Å². The first-order chi connectivity index (χ1) is 14.0. The van der Waals surface area contributed by atoms with E-state index in [0.717, 1.165) is 16.8 Å². The van der Waals surface area contributed by atoms with Gasteiger partial charge in [-0.25, -0.2) is 4.39 Å². The Bertz CT molecular complexity index is 1050. The number of halogens is 1. The molecule has 1 aliphatic rings. The van der Waals surface area contributed by atoms with Gasteiger partial charge in [-0.05, 0) is 43.2 Å².